The predicted octanol–water partition coefficient (Wildman–Crippen LogP) is 5.84. The Hall–Kier alpha value is -2.47. The van der Waals surface area contributed by atoms with E-state index < -0.39 is 0 Å². The molecule has 0 unspecified atom stereocenters. The van der Waals surface area contributed by atoms with Crippen LogP contribution in [-0.2, 0) is 0 Å². The van der Waals surface area contributed by atoms with E-state index in [9.17, 15) is 4.79 Å². The highest BCUT2D eigenvalue weighted by Gasteiger charge is 2.27. The Balaban J connectivity index is 2.46. The molecule has 1 heterocycles. The Morgan fingerprint density at radius 2 is 2.11 bits per heavy atom. The lowest BCUT2D eigenvalue weighted by atomic mass is 10.1. The number of allylic oxidation sites excluding steroid dienone is 4. The minimum absolute atomic E-state index is 0.269. The highest BCUT2D eigenvalue weighted by molar-refractivity contribution is 8.13. The summed E-state index contributed by atoms with van der Waals surface area (Å²) in [5, 5.41) is 3.70. The lowest BCUT2D eigenvalue weighted by Gasteiger charge is -2.29. The van der Waals surface area contributed by atoms with Gasteiger partial charge in [0.1, 0.15) is 5.75 Å². The fraction of sp³-hybridized carbons (Fsp3) is 0.364. The summed E-state index contributed by atoms with van der Waals surface area (Å²) < 4.78 is 5.65. The van der Waals surface area contributed by atoms with Gasteiger partial charge in [-0.1, -0.05) is 42.1 Å². The van der Waals surface area contributed by atoms with Crippen LogP contribution in [0.1, 0.15) is 34.1 Å². The highest BCUT2D eigenvalue weighted by atomic mass is 32.2. The number of aliphatic imine (C=N–C) groups is 1. The number of amides is 2. The molecule has 150 valence electrons. The lowest BCUT2D eigenvalue weighted by molar-refractivity contribution is 0.240. The van der Waals surface area contributed by atoms with E-state index in [1.54, 1.807) is 22.7 Å². The average Bonchev–Trinajstić information content (AvgIpc) is 2.69. The van der Waals surface area contributed by atoms with E-state index in [-0.39, 0.29) is 6.03 Å². The first kappa shape index (κ1) is 21.8. The van der Waals surface area contributed by atoms with E-state index >= 15 is 0 Å². The van der Waals surface area contributed by atoms with Crippen molar-refractivity contribution in [3.63, 3.8) is 0 Å². The summed E-state index contributed by atoms with van der Waals surface area (Å²) in [5.41, 5.74) is 3.55. The lowest BCUT2D eigenvalue weighted by Crippen LogP contribution is -2.39. The molecule has 0 bridgehead atoms. The molecule has 2 rings (SSSR count). The standard InChI is InChI=1S/C22H29N3O2S/c1-6-11-19(17(5)16(3)4)25(22-23-14-10-15-28-22)21(26)24-18-12-8-9-13-20(18)27-7-2/h6,8-9,11-13H,1,7,10,14-15H2,2-5H3,(H,24,26). The predicted molar refractivity (Wildman–Crippen MR) is 120 cm³/mol. The minimum atomic E-state index is -0.269. The molecule has 1 N–H and O–H groups in total. The van der Waals surface area contributed by atoms with Gasteiger partial charge in [-0.25, -0.2) is 9.69 Å². The maximum atomic E-state index is 13.4. The molecule has 0 fully saturated rings. The number of carbonyl (C=O) groups excluding carboxylic acids is 1. The van der Waals surface area contributed by atoms with Gasteiger partial charge in [0.25, 0.3) is 0 Å². The van der Waals surface area contributed by atoms with Gasteiger partial charge in [0.15, 0.2) is 5.17 Å². The molecule has 0 saturated carbocycles. The van der Waals surface area contributed by atoms with E-state index in [1.165, 1.54) is 0 Å². The molecule has 1 aliphatic rings. The first-order valence-electron chi connectivity index (χ1n) is 9.47. The van der Waals surface area contributed by atoms with E-state index in [0.29, 0.717) is 23.2 Å². The van der Waals surface area contributed by atoms with Crippen molar-refractivity contribution in [3.05, 3.63) is 59.8 Å². The van der Waals surface area contributed by atoms with Crippen molar-refractivity contribution in [2.75, 3.05) is 24.2 Å². The van der Waals surface area contributed by atoms with Crippen LogP contribution in [0.2, 0.25) is 0 Å². The van der Waals surface area contributed by atoms with Gasteiger partial charge in [-0.15, -0.1) is 0 Å². The third-order valence-electron chi connectivity index (χ3n) is 4.25. The maximum absolute atomic E-state index is 13.4. The van der Waals surface area contributed by atoms with E-state index in [1.807, 2.05) is 58.0 Å². The molecule has 1 aromatic carbocycles. The first-order chi connectivity index (χ1) is 13.5. The molecule has 2 amide bonds. The first-order valence-corrected chi connectivity index (χ1v) is 10.5. The third-order valence-corrected chi connectivity index (χ3v) is 5.32. The molecular weight excluding hydrogens is 370 g/mol. The van der Waals surface area contributed by atoms with Crippen LogP contribution >= 0.6 is 11.8 Å². The number of thioether (sulfide) groups is 1. The van der Waals surface area contributed by atoms with E-state index in [0.717, 1.165) is 35.6 Å². The number of amidine groups is 1. The molecule has 0 atom stereocenters. The Kier molecular flexibility index (Phi) is 8.39. The summed E-state index contributed by atoms with van der Waals surface area (Å²) in [4.78, 5) is 19.6. The summed E-state index contributed by atoms with van der Waals surface area (Å²) in [6.07, 6.45) is 4.57. The molecule has 5 nitrogen and oxygen atoms in total. The molecule has 0 radical (unpaired) electrons. The number of urea groups is 1. The SMILES string of the molecule is C=CC=C(C(C)=C(C)C)N(C(=O)Nc1ccccc1OCC)C1=NCCCS1. The Bertz CT molecular complexity index is 808. The molecular formula is C22H29N3O2S. The van der Waals surface area contributed by atoms with Crippen molar-refractivity contribution in [2.45, 2.75) is 34.1 Å². The molecule has 0 saturated heterocycles. The number of ether oxygens (including phenoxy) is 1. The fourth-order valence-electron chi connectivity index (χ4n) is 2.64. The van der Waals surface area contributed by atoms with Gasteiger partial charge in [-0.3, -0.25) is 4.99 Å². The number of nitrogens with one attached hydrogen (secondary N) is 1. The zero-order valence-corrected chi connectivity index (χ0v) is 17.9. The van der Waals surface area contributed by atoms with E-state index in [2.05, 4.69) is 16.9 Å². The monoisotopic (exact) mass is 399 g/mol. The molecule has 6 heteroatoms. The largest absolute Gasteiger partial charge is 0.492 e. The van der Waals surface area contributed by atoms with Crippen LogP contribution in [0.25, 0.3) is 0 Å². The summed E-state index contributed by atoms with van der Waals surface area (Å²) >= 11 is 1.59. The van der Waals surface area contributed by atoms with Crippen LogP contribution in [0.15, 0.2) is 64.8 Å². The van der Waals surface area contributed by atoms with Crippen molar-refractivity contribution in [1.29, 1.82) is 0 Å². The van der Waals surface area contributed by atoms with Gasteiger partial charge in [-0.2, -0.15) is 0 Å². The Morgan fingerprint density at radius 1 is 1.36 bits per heavy atom. The van der Waals surface area contributed by atoms with Gasteiger partial charge in [0.05, 0.1) is 18.0 Å². The quantitative estimate of drug-likeness (QED) is 0.612. The number of anilines is 1. The third kappa shape index (κ3) is 5.52. The zero-order chi connectivity index (χ0) is 20.5. The number of hydrogen-bond donors (Lipinski definition) is 1. The van der Waals surface area contributed by atoms with Crippen LogP contribution in [0, 0.1) is 0 Å². The van der Waals surface area contributed by atoms with Gasteiger partial charge in [0.2, 0.25) is 0 Å². The van der Waals surface area contributed by atoms with Crippen molar-refractivity contribution in [1.82, 2.24) is 4.90 Å². The summed E-state index contributed by atoms with van der Waals surface area (Å²) in [7, 11) is 0. The topological polar surface area (TPSA) is 53.9 Å². The summed E-state index contributed by atoms with van der Waals surface area (Å²) in [6.45, 7) is 13.1. The zero-order valence-electron chi connectivity index (χ0n) is 17.1. The molecule has 28 heavy (non-hydrogen) atoms. The number of benzene rings is 1. The molecule has 1 aromatic rings. The molecule has 1 aliphatic heterocycles. The summed E-state index contributed by atoms with van der Waals surface area (Å²) in [5.74, 6) is 1.58. The second-order valence-corrected chi connectivity index (χ2v) is 7.54. The number of hydrogen-bond acceptors (Lipinski definition) is 4. The van der Waals surface area contributed by atoms with Crippen molar-refractivity contribution in [3.8, 4) is 5.75 Å². The highest BCUT2D eigenvalue weighted by Crippen LogP contribution is 2.29. The maximum Gasteiger partial charge on any atom is 0.332 e. The van der Waals surface area contributed by atoms with Gasteiger partial charge in [-0.05, 0) is 57.9 Å². The van der Waals surface area contributed by atoms with Gasteiger partial charge < -0.3 is 10.1 Å². The smallest absolute Gasteiger partial charge is 0.332 e. The average molecular weight is 400 g/mol. The fourth-order valence-corrected chi connectivity index (χ4v) is 3.59. The molecule has 0 spiro atoms. The summed E-state index contributed by atoms with van der Waals surface area (Å²) in [6, 6.07) is 7.17. The van der Waals surface area contributed by atoms with Crippen LogP contribution in [0.5, 0.6) is 5.75 Å². The number of para-hydroxylation sites is 2. The van der Waals surface area contributed by atoms with Gasteiger partial charge >= 0.3 is 6.03 Å². The van der Waals surface area contributed by atoms with Crippen molar-refractivity contribution in [2.24, 2.45) is 4.99 Å². The Morgan fingerprint density at radius 3 is 2.71 bits per heavy atom. The van der Waals surface area contributed by atoms with Crippen LogP contribution in [0.3, 0.4) is 0 Å². The molecule has 0 aromatic heterocycles. The Labute approximate surface area is 172 Å². The van der Waals surface area contributed by atoms with Crippen LogP contribution < -0.4 is 10.1 Å². The van der Waals surface area contributed by atoms with Crippen molar-refractivity contribution >= 4 is 28.6 Å². The van der Waals surface area contributed by atoms with Crippen LogP contribution in [0.4, 0.5) is 10.5 Å². The second kappa shape index (κ2) is 10.8. The minimum Gasteiger partial charge on any atom is -0.492 e. The second-order valence-electron chi connectivity index (χ2n) is 6.47. The van der Waals surface area contributed by atoms with Crippen LogP contribution in [-0.4, -0.2) is 35.0 Å². The van der Waals surface area contributed by atoms with Gasteiger partial charge in [0, 0.05) is 12.3 Å². The molecule has 0 aliphatic carbocycles. The normalized spacial score (nSPS) is 14.0. The van der Waals surface area contributed by atoms with E-state index in [4.69, 9.17) is 4.74 Å². The number of nitrogens with zero attached hydrogens (tertiary/aromatic N) is 2. The number of carbonyl (C=O) groups is 1. The number of rotatable bonds is 6. The van der Waals surface area contributed by atoms with Crippen molar-refractivity contribution < 1.29 is 9.53 Å².